The molecule has 0 saturated carbocycles. The smallest absolute Gasteiger partial charge is 0.132 e. The normalized spacial score (nSPS) is 10.9. The SMILES string of the molecule is CCCc1cc2cc(Cl)ccc2c(I)c1O. The van der Waals surface area contributed by atoms with E-state index in [9.17, 15) is 5.11 Å². The summed E-state index contributed by atoms with van der Waals surface area (Å²) in [4.78, 5) is 0. The Morgan fingerprint density at radius 3 is 2.75 bits per heavy atom. The molecule has 2 aromatic rings. The standard InChI is InChI=1S/C13H12ClIO/c1-2-3-8-6-9-7-10(14)4-5-11(9)12(15)13(8)16/h4-7,16H,2-3H2,1H3. The van der Waals surface area contributed by atoms with Crippen LogP contribution in [0.15, 0.2) is 24.3 Å². The Bertz CT molecular complexity index is 537. The third-order valence-corrected chi connectivity index (χ3v) is 3.94. The van der Waals surface area contributed by atoms with E-state index in [0.717, 1.165) is 37.8 Å². The van der Waals surface area contributed by atoms with Gasteiger partial charge in [0.25, 0.3) is 0 Å². The lowest BCUT2D eigenvalue weighted by Crippen LogP contribution is -1.89. The lowest BCUT2D eigenvalue weighted by molar-refractivity contribution is 0.465. The number of halogens is 2. The maximum Gasteiger partial charge on any atom is 0.132 e. The number of aryl methyl sites for hydroxylation is 1. The van der Waals surface area contributed by atoms with Gasteiger partial charge in [-0.2, -0.15) is 0 Å². The summed E-state index contributed by atoms with van der Waals surface area (Å²) >= 11 is 8.16. The first-order chi connectivity index (χ1) is 7.63. The van der Waals surface area contributed by atoms with Crippen molar-refractivity contribution in [3.05, 3.63) is 38.4 Å². The molecule has 2 aromatic carbocycles. The summed E-state index contributed by atoms with van der Waals surface area (Å²) in [6.45, 7) is 2.11. The van der Waals surface area contributed by atoms with Gasteiger partial charge in [-0.05, 0) is 63.5 Å². The summed E-state index contributed by atoms with van der Waals surface area (Å²) < 4.78 is 0.912. The van der Waals surface area contributed by atoms with Gasteiger partial charge in [0.2, 0.25) is 0 Å². The summed E-state index contributed by atoms with van der Waals surface area (Å²) in [7, 11) is 0. The summed E-state index contributed by atoms with van der Waals surface area (Å²) in [5.41, 5.74) is 1.00. The van der Waals surface area contributed by atoms with Crippen molar-refractivity contribution < 1.29 is 5.11 Å². The molecule has 1 N–H and O–H groups in total. The minimum absolute atomic E-state index is 0.414. The van der Waals surface area contributed by atoms with E-state index in [1.165, 1.54) is 0 Å². The third-order valence-electron chi connectivity index (χ3n) is 2.61. The molecule has 0 atom stereocenters. The van der Waals surface area contributed by atoms with Crippen LogP contribution in [0.3, 0.4) is 0 Å². The molecule has 3 heteroatoms. The Labute approximate surface area is 114 Å². The van der Waals surface area contributed by atoms with Crippen molar-refractivity contribution in [3.63, 3.8) is 0 Å². The van der Waals surface area contributed by atoms with Crippen molar-refractivity contribution in [2.24, 2.45) is 0 Å². The molecular weight excluding hydrogens is 334 g/mol. The molecule has 0 bridgehead atoms. The highest BCUT2D eigenvalue weighted by Gasteiger charge is 2.10. The van der Waals surface area contributed by atoms with Crippen molar-refractivity contribution in [1.82, 2.24) is 0 Å². The summed E-state index contributed by atoms with van der Waals surface area (Å²) in [5.74, 6) is 0.414. The molecule has 0 aliphatic heterocycles. The summed E-state index contributed by atoms with van der Waals surface area (Å²) in [6.07, 6.45) is 1.92. The number of hydrogen-bond acceptors (Lipinski definition) is 1. The quantitative estimate of drug-likeness (QED) is 0.778. The van der Waals surface area contributed by atoms with Gasteiger partial charge in [-0.3, -0.25) is 0 Å². The summed E-state index contributed by atoms with van der Waals surface area (Å²) in [6, 6.07) is 7.78. The Kier molecular flexibility index (Phi) is 3.60. The molecule has 0 radical (unpaired) electrons. The second-order valence-electron chi connectivity index (χ2n) is 3.81. The van der Waals surface area contributed by atoms with Crippen LogP contribution in [-0.2, 0) is 6.42 Å². The average Bonchev–Trinajstić information content (AvgIpc) is 2.25. The average molecular weight is 347 g/mol. The number of hydrogen-bond donors (Lipinski definition) is 1. The zero-order valence-corrected chi connectivity index (χ0v) is 11.8. The molecule has 1 nitrogen and oxygen atoms in total. The van der Waals surface area contributed by atoms with Crippen molar-refractivity contribution >= 4 is 45.0 Å². The van der Waals surface area contributed by atoms with Crippen LogP contribution in [-0.4, -0.2) is 5.11 Å². The number of benzene rings is 2. The first-order valence-electron chi connectivity index (χ1n) is 5.23. The van der Waals surface area contributed by atoms with Gasteiger partial charge >= 0.3 is 0 Å². The van der Waals surface area contributed by atoms with E-state index in [2.05, 4.69) is 29.5 Å². The van der Waals surface area contributed by atoms with E-state index in [4.69, 9.17) is 11.6 Å². The van der Waals surface area contributed by atoms with Crippen molar-refractivity contribution in [2.45, 2.75) is 19.8 Å². The zero-order chi connectivity index (χ0) is 11.7. The number of phenolic OH excluding ortho intramolecular Hbond substituents is 1. The molecule has 0 heterocycles. The predicted octanol–water partition coefficient (Wildman–Crippen LogP) is 4.76. The van der Waals surface area contributed by atoms with Crippen LogP contribution >= 0.6 is 34.2 Å². The Morgan fingerprint density at radius 2 is 2.06 bits per heavy atom. The van der Waals surface area contributed by atoms with Gasteiger partial charge < -0.3 is 5.11 Å². The minimum Gasteiger partial charge on any atom is -0.507 e. The van der Waals surface area contributed by atoms with E-state index in [0.29, 0.717) is 5.75 Å². The molecule has 0 spiro atoms. The molecule has 0 saturated heterocycles. The van der Waals surface area contributed by atoms with Gasteiger partial charge in [-0.25, -0.2) is 0 Å². The second kappa shape index (κ2) is 4.80. The first kappa shape index (κ1) is 12.0. The number of aromatic hydroxyl groups is 1. The fourth-order valence-corrected chi connectivity index (χ4v) is 2.86. The van der Waals surface area contributed by atoms with Crippen LogP contribution in [0.1, 0.15) is 18.9 Å². The topological polar surface area (TPSA) is 20.2 Å². The maximum atomic E-state index is 10.1. The number of rotatable bonds is 2. The van der Waals surface area contributed by atoms with E-state index >= 15 is 0 Å². The van der Waals surface area contributed by atoms with Crippen LogP contribution in [0.2, 0.25) is 5.02 Å². The molecule has 0 aliphatic rings. The highest BCUT2D eigenvalue weighted by atomic mass is 127. The van der Waals surface area contributed by atoms with E-state index < -0.39 is 0 Å². The summed E-state index contributed by atoms with van der Waals surface area (Å²) in [5, 5.41) is 12.9. The fourth-order valence-electron chi connectivity index (χ4n) is 1.84. The molecule has 84 valence electrons. The Morgan fingerprint density at radius 1 is 1.31 bits per heavy atom. The van der Waals surface area contributed by atoms with Gasteiger partial charge in [0, 0.05) is 5.02 Å². The van der Waals surface area contributed by atoms with Crippen molar-refractivity contribution in [1.29, 1.82) is 0 Å². The van der Waals surface area contributed by atoms with E-state index in [1.54, 1.807) is 0 Å². The van der Waals surface area contributed by atoms with E-state index in [1.807, 2.05) is 24.3 Å². The van der Waals surface area contributed by atoms with Crippen molar-refractivity contribution in [2.75, 3.05) is 0 Å². The molecular formula is C13H12ClIO. The van der Waals surface area contributed by atoms with Gasteiger partial charge in [0.05, 0.1) is 3.57 Å². The van der Waals surface area contributed by atoms with Crippen LogP contribution in [0.4, 0.5) is 0 Å². The molecule has 0 aliphatic carbocycles. The van der Waals surface area contributed by atoms with Crippen LogP contribution < -0.4 is 0 Å². The number of phenols is 1. The van der Waals surface area contributed by atoms with Crippen molar-refractivity contribution in [3.8, 4) is 5.75 Å². The molecule has 0 fully saturated rings. The van der Waals surface area contributed by atoms with Crippen LogP contribution in [0.5, 0.6) is 5.75 Å². The molecule has 16 heavy (non-hydrogen) atoms. The Hall–Kier alpha value is -0.480. The lowest BCUT2D eigenvalue weighted by atomic mass is 10.0. The van der Waals surface area contributed by atoms with Gasteiger partial charge in [-0.1, -0.05) is 31.0 Å². The van der Waals surface area contributed by atoms with Gasteiger partial charge in [0.15, 0.2) is 0 Å². The molecule has 0 aromatic heterocycles. The minimum atomic E-state index is 0.414. The highest BCUT2D eigenvalue weighted by Crippen LogP contribution is 2.34. The Balaban J connectivity index is 2.72. The third kappa shape index (κ3) is 2.13. The fraction of sp³-hybridized carbons (Fsp3) is 0.231. The lowest BCUT2D eigenvalue weighted by Gasteiger charge is -2.09. The van der Waals surface area contributed by atoms with E-state index in [-0.39, 0.29) is 0 Å². The molecule has 0 amide bonds. The second-order valence-corrected chi connectivity index (χ2v) is 5.33. The zero-order valence-electron chi connectivity index (χ0n) is 8.93. The first-order valence-corrected chi connectivity index (χ1v) is 6.68. The molecule has 0 unspecified atom stereocenters. The highest BCUT2D eigenvalue weighted by molar-refractivity contribution is 14.1. The monoisotopic (exact) mass is 346 g/mol. The molecule has 2 rings (SSSR count). The predicted molar refractivity (Wildman–Crippen MR) is 77.3 cm³/mol. The van der Waals surface area contributed by atoms with Crippen LogP contribution in [0.25, 0.3) is 10.8 Å². The largest absolute Gasteiger partial charge is 0.507 e. The van der Waals surface area contributed by atoms with Crippen LogP contribution in [0, 0.1) is 3.57 Å². The van der Waals surface area contributed by atoms with Gasteiger partial charge in [0.1, 0.15) is 5.75 Å². The van der Waals surface area contributed by atoms with Gasteiger partial charge in [-0.15, -0.1) is 0 Å². The number of fused-ring (bicyclic) bond motifs is 1. The maximum absolute atomic E-state index is 10.1.